The van der Waals surface area contributed by atoms with E-state index < -0.39 is 0 Å². The zero-order valence-corrected chi connectivity index (χ0v) is 21.7. The molecule has 2 aromatic carbocycles. The highest BCUT2D eigenvalue weighted by atomic mass is 32.2. The average Bonchev–Trinajstić information content (AvgIpc) is 3.38. The fraction of sp³-hybridized carbons (Fsp3) is 0.185. The zero-order valence-electron chi connectivity index (χ0n) is 19.3. The Hall–Kier alpha value is -3.07. The number of thiocarbonyl (C=S) groups is 1. The van der Waals surface area contributed by atoms with Gasteiger partial charge in [-0.1, -0.05) is 96.3 Å². The van der Waals surface area contributed by atoms with Crippen LogP contribution in [0.5, 0.6) is 0 Å². The largest absolute Gasteiger partial charge is 0.302 e. The molecule has 2 amide bonds. The lowest BCUT2D eigenvalue weighted by molar-refractivity contribution is -0.122. The topological polar surface area (TPSA) is 62.3 Å². The zero-order chi connectivity index (χ0) is 24.6. The summed E-state index contributed by atoms with van der Waals surface area (Å²) in [4.78, 5) is 32.7. The summed E-state index contributed by atoms with van der Waals surface area (Å²) in [6.07, 6.45) is 9.00. The Morgan fingerprint density at radius 3 is 2.80 bits per heavy atom. The molecular weight excluding hydrogens is 495 g/mol. The summed E-state index contributed by atoms with van der Waals surface area (Å²) in [7, 11) is 0. The molecule has 0 bridgehead atoms. The molecule has 1 fully saturated rings. The van der Waals surface area contributed by atoms with Crippen molar-refractivity contribution in [3.05, 3.63) is 99.4 Å². The number of aromatic nitrogens is 1. The summed E-state index contributed by atoms with van der Waals surface area (Å²) in [5.41, 5.74) is 3.51. The van der Waals surface area contributed by atoms with Crippen LogP contribution in [-0.4, -0.2) is 32.6 Å². The van der Waals surface area contributed by atoms with Crippen molar-refractivity contribution in [3.8, 4) is 0 Å². The minimum atomic E-state index is -0.117. The number of aryl methyl sites for hydroxylation is 1. The van der Waals surface area contributed by atoms with Crippen LogP contribution in [0, 0.1) is 6.92 Å². The average molecular weight is 520 g/mol. The predicted molar refractivity (Wildman–Crippen MR) is 149 cm³/mol. The van der Waals surface area contributed by atoms with E-state index in [0.717, 1.165) is 16.9 Å². The molecule has 1 saturated heterocycles. The number of allylic oxidation sites excluding steroid dienone is 2. The van der Waals surface area contributed by atoms with Crippen molar-refractivity contribution in [2.45, 2.75) is 26.2 Å². The summed E-state index contributed by atoms with van der Waals surface area (Å²) in [5.74, 6) is -0.230. The highest BCUT2D eigenvalue weighted by Gasteiger charge is 2.31. The maximum absolute atomic E-state index is 12.7. The summed E-state index contributed by atoms with van der Waals surface area (Å²) in [6, 6.07) is 18.3. The first kappa shape index (κ1) is 25.0. The normalized spacial score (nSPS) is 14.9. The molecular formula is C27H25N3O2S3. The van der Waals surface area contributed by atoms with E-state index in [1.54, 1.807) is 17.2 Å². The van der Waals surface area contributed by atoms with Crippen LogP contribution in [0.3, 0.4) is 0 Å². The summed E-state index contributed by atoms with van der Waals surface area (Å²) >= 11 is 8.15. The molecule has 1 aromatic heterocycles. The van der Waals surface area contributed by atoms with Crippen molar-refractivity contribution >= 4 is 62.7 Å². The standard InChI is InChI=1S/C27H25N3O2S3/c1-19-8-5-12-21(16-19)17-22-18-28-26(34-22)29-24(31)14-7-15-30-25(32)23(35-27(30)33)13-6-11-20-9-3-2-4-10-20/h2-6,8-13,16,18H,7,14-15,17H2,1H3,(H,28,29,31). The Bertz CT molecular complexity index is 1280. The van der Waals surface area contributed by atoms with Gasteiger partial charge in [0.05, 0.1) is 4.91 Å². The molecule has 1 N–H and O–H groups in total. The van der Waals surface area contributed by atoms with Crippen LogP contribution in [0.25, 0.3) is 6.08 Å². The number of nitrogens with zero attached hydrogens (tertiary/aromatic N) is 2. The Balaban J connectivity index is 1.23. The van der Waals surface area contributed by atoms with Gasteiger partial charge >= 0.3 is 0 Å². The van der Waals surface area contributed by atoms with Crippen LogP contribution in [-0.2, 0) is 16.0 Å². The number of nitrogens with one attached hydrogen (secondary N) is 1. The van der Waals surface area contributed by atoms with E-state index in [1.807, 2.05) is 48.6 Å². The summed E-state index contributed by atoms with van der Waals surface area (Å²) < 4.78 is 0.524. The first-order chi connectivity index (χ1) is 17.0. The Labute approximate surface area is 219 Å². The second kappa shape index (κ2) is 12.1. The van der Waals surface area contributed by atoms with Gasteiger partial charge in [0, 0.05) is 30.5 Å². The number of thioether (sulfide) groups is 1. The molecule has 1 aliphatic rings. The minimum absolute atomic E-state index is 0.112. The van der Waals surface area contributed by atoms with Crippen LogP contribution in [0.15, 0.2) is 77.9 Å². The molecule has 5 nitrogen and oxygen atoms in total. The Morgan fingerprint density at radius 1 is 1.17 bits per heavy atom. The molecule has 35 heavy (non-hydrogen) atoms. The maximum atomic E-state index is 12.7. The van der Waals surface area contributed by atoms with E-state index in [1.165, 1.54) is 34.2 Å². The van der Waals surface area contributed by atoms with Crippen molar-refractivity contribution in [2.24, 2.45) is 0 Å². The molecule has 0 saturated carbocycles. The van der Waals surface area contributed by atoms with Gasteiger partial charge < -0.3 is 5.32 Å². The molecule has 2 heterocycles. The number of hydrogen-bond donors (Lipinski definition) is 1. The van der Waals surface area contributed by atoms with Gasteiger partial charge in [-0.05, 0) is 30.5 Å². The first-order valence-corrected chi connectivity index (χ1v) is 13.3. The van der Waals surface area contributed by atoms with Crippen molar-refractivity contribution in [1.29, 1.82) is 0 Å². The van der Waals surface area contributed by atoms with Crippen LogP contribution in [0.1, 0.15) is 34.4 Å². The van der Waals surface area contributed by atoms with Gasteiger partial charge in [0.25, 0.3) is 5.91 Å². The molecule has 0 unspecified atom stereocenters. The molecule has 0 atom stereocenters. The summed E-state index contributed by atoms with van der Waals surface area (Å²) in [6.45, 7) is 2.48. The van der Waals surface area contributed by atoms with E-state index in [2.05, 4.69) is 35.4 Å². The summed E-state index contributed by atoms with van der Waals surface area (Å²) in [5, 5.41) is 3.46. The van der Waals surface area contributed by atoms with E-state index in [0.29, 0.717) is 27.3 Å². The number of amides is 2. The van der Waals surface area contributed by atoms with Crippen LogP contribution < -0.4 is 5.32 Å². The van der Waals surface area contributed by atoms with Gasteiger partial charge in [-0.3, -0.25) is 14.5 Å². The fourth-order valence-electron chi connectivity index (χ4n) is 3.57. The third kappa shape index (κ3) is 7.21. The molecule has 0 spiro atoms. The number of carbonyl (C=O) groups excluding carboxylic acids is 2. The molecule has 4 rings (SSSR count). The van der Waals surface area contributed by atoms with E-state index >= 15 is 0 Å². The number of hydrogen-bond acceptors (Lipinski definition) is 6. The maximum Gasteiger partial charge on any atom is 0.266 e. The predicted octanol–water partition coefficient (Wildman–Crippen LogP) is 6.22. The van der Waals surface area contributed by atoms with Crippen LogP contribution in [0.2, 0.25) is 0 Å². The van der Waals surface area contributed by atoms with Gasteiger partial charge in [-0.15, -0.1) is 11.3 Å². The second-order valence-electron chi connectivity index (χ2n) is 8.07. The lowest BCUT2D eigenvalue weighted by atomic mass is 10.1. The van der Waals surface area contributed by atoms with Gasteiger partial charge in [-0.2, -0.15) is 0 Å². The van der Waals surface area contributed by atoms with E-state index in [9.17, 15) is 9.59 Å². The first-order valence-electron chi connectivity index (χ1n) is 11.2. The Morgan fingerprint density at radius 2 is 2.00 bits per heavy atom. The highest BCUT2D eigenvalue weighted by molar-refractivity contribution is 8.26. The quantitative estimate of drug-likeness (QED) is 0.269. The molecule has 3 aromatic rings. The molecule has 178 valence electrons. The number of rotatable bonds is 9. The molecule has 0 aliphatic carbocycles. The van der Waals surface area contributed by atoms with Crippen molar-refractivity contribution < 1.29 is 9.59 Å². The van der Waals surface area contributed by atoms with Crippen molar-refractivity contribution in [3.63, 3.8) is 0 Å². The van der Waals surface area contributed by atoms with Crippen LogP contribution >= 0.6 is 35.3 Å². The molecule has 8 heteroatoms. The Kier molecular flexibility index (Phi) is 8.63. The third-order valence-corrected chi connectivity index (χ3v) is 7.56. The number of benzene rings is 2. The van der Waals surface area contributed by atoms with E-state index in [4.69, 9.17) is 12.2 Å². The van der Waals surface area contributed by atoms with Crippen LogP contribution in [0.4, 0.5) is 5.13 Å². The van der Waals surface area contributed by atoms with Crippen molar-refractivity contribution in [2.75, 3.05) is 11.9 Å². The van der Waals surface area contributed by atoms with Gasteiger partial charge in [0.2, 0.25) is 5.91 Å². The number of thiazole rings is 1. The SMILES string of the molecule is Cc1cccc(Cc2cnc(NC(=O)CCCN3C(=O)C(=CC=Cc4ccccc4)SC3=S)s2)c1. The van der Waals surface area contributed by atoms with Gasteiger partial charge in [0.15, 0.2) is 5.13 Å². The molecule has 1 aliphatic heterocycles. The highest BCUT2D eigenvalue weighted by Crippen LogP contribution is 2.31. The lowest BCUT2D eigenvalue weighted by Gasteiger charge is -2.13. The monoisotopic (exact) mass is 519 g/mol. The van der Waals surface area contributed by atoms with Gasteiger partial charge in [0.1, 0.15) is 4.32 Å². The van der Waals surface area contributed by atoms with E-state index in [-0.39, 0.29) is 18.2 Å². The smallest absolute Gasteiger partial charge is 0.266 e. The van der Waals surface area contributed by atoms with Crippen molar-refractivity contribution in [1.82, 2.24) is 9.88 Å². The lowest BCUT2D eigenvalue weighted by Crippen LogP contribution is -2.29. The molecule has 0 radical (unpaired) electrons. The van der Waals surface area contributed by atoms with Gasteiger partial charge in [-0.25, -0.2) is 4.98 Å². The fourth-order valence-corrected chi connectivity index (χ4v) is 5.69. The minimum Gasteiger partial charge on any atom is -0.302 e. The second-order valence-corrected chi connectivity index (χ2v) is 10.9. The number of anilines is 1. The number of carbonyl (C=O) groups is 2. The third-order valence-electron chi connectivity index (χ3n) is 5.26.